The number of ether oxygens (including phenoxy) is 1. The Kier molecular flexibility index (Phi) is 2.90. The summed E-state index contributed by atoms with van der Waals surface area (Å²) in [4.78, 5) is 11.4. The smallest absolute Gasteiger partial charge is 0.318 e. The SMILES string of the molecule is O=c1c[n+]([O-])ccn1C1CC(O)C(CO)O1. The highest BCUT2D eigenvalue weighted by molar-refractivity contribution is 4.85. The van der Waals surface area contributed by atoms with Gasteiger partial charge in [0.15, 0.2) is 6.20 Å². The number of rotatable bonds is 2. The molecule has 3 atom stereocenters. The predicted molar refractivity (Wildman–Crippen MR) is 51.3 cm³/mol. The number of nitrogens with zero attached hydrogens (tertiary/aromatic N) is 2. The third kappa shape index (κ3) is 1.92. The fourth-order valence-corrected chi connectivity index (χ4v) is 1.72. The fourth-order valence-electron chi connectivity index (χ4n) is 1.72. The third-order valence-corrected chi connectivity index (χ3v) is 2.56. The molecule has 1 fully saturated rings. The van der Waals surface area contributed by atoms with Crippen LogP contribution in [0.5, 0.6) is 0 Å². The summed E-state index contributed by atoms with van der Waals surface area (Å²) in [5.74, 6) is 0. The van der Waals surface area contributed by atoms with Gasteiger partial charge in [-0.1, -0.05) is 0 Å². The Bertz CT molecular complexity index is 432. The van der Waals surface area contributed by atoms with Crippen molar-refractivity contribution in [3.63, 3.8) is 0 Å². The molecule has 1 aliphatic heterocycles. The van der Waals surface area contributed by atoms with Crippen molar-refractivity contribution < 1.29 is 19.7 Å². The molecular weight excluding hydrogens is 216 g/mol. The van der Waals surface area contributed by atoms with E-state index in [1.807, 2.05) is 0 Å². The Balaban J connectivity index is 2.23. The molecule has 0 aromatic carbocycles. The second kappa shape index (κ2) is 4.20. The summed E-state index contributed by atoms with van der Waals surface area (Å²) in [5, 5.41) is 29.2. The van der Waals surface area contributed by atoms with E-state index in [2.05, 4.69) is 0 Å². The van der Waals surface area contributed by atoms with Crippen LogP contribution in [0.4, 0.5) is 0 Å². The van der Waals surface area contributed by atoms with E-state index in [0.29, 0.717) is 4.73 Å². The van der Waals surface area contributed by atoms with Crippen LogP contribution in [-0.2, 0) is 4.74 Å². The highest BCUT2D eigenvalue weighted by Crippen LogP contribution is 2.26. The van der Waals surface area contributed by atoms with E-state index in [4.69, 9.17) is 9.84 Å². The van der Waals surface area contributed by atoms with Gasteiger partial charge in [0.25, 0.3) is 0 Å². The first-order valence-corrected chi connectivity index (χ1v) is 4.87. The highest BCUT2D eigenvalue weighted by Gasteiger charge is 2.34. The Morgan fingerprint density at radius 2 is 2.44 bits per heavy atom. The predicted octanol–water partition coefficient (Wildman–Crippen LogP) is -1.88. The molecule has 0 spiro atoms. The topological polar surface area (TPSA) is 98.6 Å². The van der Waals surface area contributed by atoms with E-state index in [9.17, 15) is 15.1 Å². The first-order valence-electron chi connectivity index (χ1n) is 4.87. The van der Waals surface area contributed by atoms with Crippen LogP contribution >= 0.6 is 0 Å². The molecule has 3 unspecified atom stereocenters. The average Bonchev–Trinajstić information content (AvgIpc) is 2.59. The molecule has 0 bridgehead atoms. The minimum atomic E-state index is -0.804. The zero-order valence-corrected chi connectivity index (χ0v) is 8.39. The molecule has 0 radical (unpaired) electrons. The summed E-state index contributed by atoms with van der Waals surface area (Å²) >= 11 is 0. The van der Waals surface area contributed by atoms with Crippen molar-refractivity contribution in [3.05, 3.63) is 34.2 Å². The van der Waals surface area contributed by atoms with Gasteiger partial charge in [0.2, 0.25) is 6.20 Å². The molecule has 2 heterocycles. The normalized spacial score (nSPS) is 29.5. The third-order valence-electron chi connectivity index (χ3n) is 2.56. The number of aromatic nitrogens is 2. The lowest BCUT2D eigenvalue weighted by molar-refractivity contribution is -0.607. The summed E-state index contributed by atoms with van der Waals surface area (Å²) in [6.07, 6.45) is 1.44. The molecule has 2 N–H and O–H groups in total. The van der Waals surface area contributed by atoms with Crippen molar-refractivity contribution in [2.24, 2.45) is 0 Å². The van der Waals surface area contributed by atoms with E-state index >= 15 is 0 Å². The molecular formula is C9H12N2O5. The maximum atomic E-state index is 11.4. The number of aliphatic hydroxyl groups is 2. The van der Waals surface area contributed by atoms with E-state index in [1.165, 1.54) is 17.0 Å². The van der Waals surface area contributed by atoms with Gasteiger partial charge in [0, 0.05) is 6.42 Å². The van der Waals surface area contributed by atoms with E-state index in [1.54, 1.807) is 0 Å². The largest absolute Gasteiger partial charge is 0.619 e. The summed E-state index contributed by atoms with van der Waals surface area (Å²) in [6, 6.07) is 0. The van der Waals surface area contributed by atoms with Gasteiger partial charge in [-0.15, -0.1) is 0 Å². The van der Waals surface area contributed by atoms with Crippen molar-refractivity contribution in [2.75, 3.05) is 6.61 Å². The van der Waals surface area contributed by atoms with E-state index < -0.39 is 24.0 Å². The Morgan fingerprint density at radius 1 is 1.69 bits per heavy atom. The second-order valence-electron chi connectivity index (χ2n) is 3.65. The van der Waals surface area contributed by atoms with Gasteiger partial charge in [-0.3, -0.25) is 9.36 Å². The van der Waals surface area contributed by atoms with Crippen LogP contribution in [0.3, 0.4) is 0 Å². The van der Waals surface area contributed by atoms with E-state index in [-0.39, 0.29) is 13.0 Å². The molecule has 16 heavy (non-hydrogen) atoms. The van der Waals surface area contributed by atoms with E-state index in [0.717, 1.165) is 6.20 Å². The summed E-state index contributed by atoms with van der Waals surface area (Å²) in [6.45, 7) is -0.305. The monoisotopic (exact) mass is 228 g/mol. The highest BCUT2D eigenvalue weighted by atomic mass is 16.5. The number of hydrogen-bond acceptors (Lipinski definition) is 5. The molecule has 1 aromatic rings. The molecule has 88 valence electrons. The number of hydrogen-bond donors (Lipinski definition) is 2. The lowest BCUT2D eigenvalue weighted by Crippen LogP contribution is -2.36. The summed E-state index contributed by atoms with van der Waals surface area (Å²) in [5.41, 5.74) is -0.506. The van der Waals surface area contributed by atoms with Crippen molar-refractivity contribution in [1.82, 2.24) is 4.57 Å². The Morgan fingerprint density at radius 3 is 3.00 bits per heavy atom. The van der Waals surface area contributed by atoms with Crippen LogP contribution in [-0.4, -0.2) is 33.6 Å². The molecule has 1 aliphatic rings. The van der Waals surface area contributed by atoms with Gasteiger partial charge in [0.05, 0.1) is 18.9 Å². The first-order chi connectivity index (χ1) is 7.61. The zero-order chi connectivity index (χ0) is 11.7. The standard InChI is InChI=1S/C9H12N2O5/c12-5-7-6(13)3-9(16-7)11-2-1-10(15)4-8(11)14/h1-2,4,6-7,9,12-13H,3,5H2. The van der Waals surface area contributed by atoms with Crippen LogP contribution in [0.25, 0.3) is 0 Å². The molecule has 1 saturated heterocycles. The molecule has 0 saturated carbocycles. The van der Waals surface area contributed by atoms with Crippen LogP contribution in [0.1, 0.15) is 12.6 Å². The molecule has 1 aromatic heterocycles. The molecule has 0 aliphatic carbocycles. The van der Waals surface area contributed by atoms with Gasteiger partial charge in [0.1, 0.15) is 12.3 Å². The van der Waals surface area contributed by atoms with Gasteiger partial charge >= 0.3 is 5.56 Å². The van der Waals surface area contributed by atoms with Crippen molar-refractivity contribution >= 4 is 0 Å². The van der Waals surface area contributed by atoms with Crippen molar-refractivity contribution in [2.45, 2.75) is 24.9 Å². The van der Waals surface area contributed by atoms with Gasteiger partial charge in [-0.25, -0.2) is 0 Å². The Hall–Kier alpha value is -1.44. The minimum Gasteiger partial charge on any atom is -0.619 e. The maximum Gasteiger partial charge on any atom is 0.318 e. The van der Waals surface area contributed by atoms with Crippen LogP contribution in [0.15, 0.2) is 23.4 Å². The first kappa shape index (κ1) is 11.1. The minimum absolute atomic E-state index is 0.216. The molecule has 7 nitrogen and oxygen atoms in total. The Labute approximate surface area is 90.7 Å². The molecule has 7 heteroatoms. The zero-order valence-electron chi connectivity index (χ0n) is 8.39. The van der Waals surface area contributed by atoms with Crippen LogP contribution in [0.2, 0.25) is 0 Å². The van der Waals surface area contributed by atoms with Crippen LogP contribution in [0, 0.1) is 5.21 Å². The maximum absolute atomic E-state index is 11.4. The molecule has 0 amide bonds. The fraction of sp³-hybridized carbons (Fsp3) is 0.556. The van der Waals surface area contributed by atoms with Gasteiger partial charge in [-0.2, -0.15) is 4.73 Å². The number of aliphatic hydroxyl groups excluding tert-OH is 2. The summed E-state index contributed by atoms with van der Waals surface area (Å²) in [7, 11) is 0. The van der Waals surface area contributed by atoms with Gasteiger partial charge < -0.3 is 20.2 Å². The van der Waals surface area contributed by atoms with Crippen LogP contribution < -0.4 is 10.3 Å². The molecule has 2 rings (SSSR count). The lowest BCUT2D eigenvalue weighted by Gasteiger charge is -2.13. The van der Waals surface area contributed by atoms with Crippen molar-refractivity contribution in [3.8, 4) is 0 Å². The quantitative estimate of drug-likeness (QED) is 0.456. The second-order valence-corrected chi connectivity index (χ2v) is 3.65. The van der Waals surface area contributed by atoms with Gasteiger partial charge in [-0.05, 0) is 0 Å². The summed E-state index contributed by atoms with van der Waals surface area (Å²) < 4.78 is 6.89. The average molecular weight is 228 g/mol. The lowest BCUT2D eigenvalue weighted by atomic mass is 10.2. The van der Waals surface area contributed by atoms with Crippen molar-refractivity contribution in [1.29, 1.82) is 0 Å².